The monoisotopic (exact) mass is 495 g/mol. The molecule has 3 aromatic rings. The van der Waals surface area contributed by atoms with Crippen molar-refractivity contribution in [3.63, 3.8) is 0 Å². The Bertz CT molecular complexity index is 1210. The van der Waals surface area contributed by atoms with E-state index in [2.05, 4.69) is 10.3 Å². The SMILES string of the molecule is COc1ccc(N=C2SC(CC(=O)Nc3ccc(OC)c(OC)c3)C(=O)N2Cc2ccco2)cc1. The van der Waals surface area contributed by atoms with E-state index in [0.29, 0.717) is 39.6 Å². The van der Waals surface area contributed by atoms with Crippen molar-refractivity contribution in [1.29, 1.82) is 0 Å². The minimum atomic E-state index is -0.623. The topological polar surface area (TPSA) is 103 Å². The predicted octanol–water partition coefficient (Wildman–Crippen LogP) is 4.47. The fourth-order valence-corrected chi connectivity index (χ4v) is 4.65. The van der Waals surface area contributed by atoms with Crippen molar-refractivity contribution in [2.24, 2.45) is 4.99 Å². The van der Waals surface area contributed by atoms with Gasteiger partial charge in [-0.2, -0.15) is 0 Å². The molecule has 1 fully saturated rings. The van der Waals surface area contributed by atoms with E-state index in [-0.39, 0.29) is 24.8 Å². The number of thioether (sulfide) groups is 1. The van der Waals surface area contributed by atoms with Crippen LogP contribution < -0.4 is 19.5 Å². The molecule has 1 N–H and O–H groups in total. The summed E-state index contributed by atoms with van der Waals surface area (Å²) in [6.07, 6.45) is 1.53. The van der Waals surface area contributed by atoms with Crippen molar-refractivity contribution < 1.29 is 28.2 Å². The normalized spacial score (nSPS) is 16.4. The van der Waals surface area contributed by atoms with Crippen LogP contribution in [0, 0.1) is 0 Å². The van der Waals surface area contributed by atoms with Crippen molar-refractivity contribution >= 4 is 40.1 Å². The molecule has 0 spiro atoms. The second kappa shape index (κ2) is 11.0. The summed E-state index contributed by atoms with van der Waals surface area (Å²) < 4.78 is 21.1. The standard InChI is InChI=1S/C25H25N3O6S/c1-31-18-9-6-16(7-10-18)27-25-28(15-19-5-4-12-34-19)24(30)22(35-25)14-23(29)26-17-8-11-20(32-2)21(13-17)33-3/h4-13,22H,14-15H2,1-3H3,(H,26,29). The maximum atomic E-state index is 13.3. The van der Waals surface area contributed by atoms with Crippen LogP contribution in [0.5, 0.6) is 17.2 Å². The molecule has 10 heteroatoms. The zero-order chi connectivity index (χ0) is 24.8. The quantitative estimate of drug-likeness (QED) is 0.467. The van der Waals surface area contributed by atoms with Crippen LogP contribution in [-0.4, -0.2) is 48.5 Å². The first-order valence-electron chi connectivity index (χ1n) is 10.8. The third-order valence-corrected chi connectivity index (χ3v) is 6.42. The summed E-state index contributed by atoms with van der Waals surface area (Å²) in [5, 5.41) is 2.70. The van der Waals surface area contributed by atoms with E-state index >= 15 is 0 Å². The number of nitrogens with one attached hydrogen (secondary N) is 1. The Morgan fingerprint density at radius 3 is 2.49 bits per heavy atom. The molecule has 2 aromatic carbocycles. The highest BCUT2D eigenvalue weighted by atomic mass is 32.2. The number of amides is 2. The smallest absolute Gasteiger partial charge is 0.243 e. The molecule has 1 aliphatic rings. The van der Waals surface area contributed by atoms with E-state index in [1.807, 2.05) is 0 Å². The summed E-state index contributed by atoms with van der Waals surface area (Å²) >= 11 is 1.25. The number of nitrogens with zero attached hydrogens (tertiary/aromatic N) is 2. The Morgan fingerprint density at radius 2 is 1.83 bits per heavy atom. The van der Waals surface area contributed by atoms with Crippen LogP contribution in [0.4, 0.5) is 11.4 Å². The predicted molar refractivity (Wildman–Crippen MR) is 134 cm³/mol. The number of furan rings is 1. The fraction of sp³-hybridized carbons (Fsp3) is 0.240. The maximum Gasteiger partial charge on any atom is 0.243 e. The number of rotatable bonds is 9. The average molecular weight is 496 g/mol. The van der Waals surface area contributed by atoms with Crippen LogP contribution in [0.25, 0.3) is 0 Å². The molecule has 1 aromatic heterocycles. The van der Waals surface area contributed by atoms with E-state index in [4.69, 9.17) is 18.6 Å². The number of amidine groups is 1. The molecule has 0 saturated carbocycles. The number of hydrogen-bond donors (Lipinski definition) is 1. The lowest BCUT2D eigenvalue weighted by Crippen LogP contribution is -2.33. The molecule has 0 aliphatic carbocycles. The molecular formula is C25H25N3O6S. The molecule has 1 aliphatic heterocycles. The van der Waals surface area contributed by atoms with Crippen molar-refractivity contribution in [3.8, 4) is 17.2 Å². The van der Waals surface area contributed by atoms with Crippen molar-refractivity contribution in [2.45, 2.75) is 18.2 Å². The highest BCUT2D eigenvalue weighted by molar-refractivity contribution is 8.15. The van der Waals surface area contributed by atoms with Gasteiger partial charge in [-0.1, -0.05) is 11.8 Å². The van der Waals surface area contributed by atoms with Crippen LogP contribution in [0.3, 0.4) is 0 Å². The van der Waals surface area contributed by atoms with Gasteiger partial charge in [-0.3, -0.25) is 14.5 Å². The van der Waals surface area contributed by atoms with Crippen LogP contribution in [0.15, 0.2) is 70.3 Å². The van der Waals surface area contributed by atoms with Gasteiger partial charge in [0.2, 0.25) is 11.8 Å². The summed E-state index contributed by atoms with van der Waals surface area (Å²) in [5.74, 6) is 1.88. The van der Waals surface area contributed by atoms with Crippen molar-refractivity contribution in [1.82, 2.24) is 4.90 Å². The fourth-order valence-electron chi connectivity index (χ4n) is 3.49. The highest BCUT2D eigenvalue weighted by Crippen LogP contribution is 2.34. The molecule has 2 heterocycles. The molecule has 35 heavy (non-hydrogen) atoms. The Balaban J connectivity index is 1.50. The number of anilines is 1. The lowest BCUT2D eigenvalue weighted by molar-refractivity contribution is -0.128. The van der Waals surface area contributed by atoms with Gasteiger partial charge in [0, 0.05) is 18.2 Å². The van der Waals surface area contributed by atoms with Gasteiger partial charge in [0.1, 0.15) is 16.8 Å². The van der Waals surface area contributed by atoms with Crippen LogP contribution in [-0.2, 0) is 16.1 Å². The summed E-state index contributed by atoms with van der Waals surface area (Å²) in [6, 6.07) is 15.8. The lowest BCUT2D eigenvalue weighted by atomic mass is 10.2. The van der Waals surface area contributed by atoms with Gasteiger partial charge in [-0.25, -0.2) is 4.99 Å². The van der Waals surface area contributed by atoms with Gasteiger partial charge >= 0.3 is 0 Å². The molecular weight excluding hydrogens is 470 g/mol. The largest absolute Gasteiger partial charge is 0.497 e. The molecule has 1 atom stereocenters. The van der Waals surface area contributed by atoms with E-state index in [1.165, 1.54) is 18.9 Å². The first-order chi connectivity index (χ1) is 17.0. The molecule has 1 unspecified atom stereocenters. The van der Waals surface area contributed by atoms with Gasteiger partial charge in [0.25, 0.3) is 0 Å². The van der Waals surface area contributed by atoms with E-state index in [0.717, 1.165) is 0 Å². The van der Waals surface area contributed by atoms with Crippen LogP contribution in [0.2, 0.25) is 0 Å². The van der Waals surface area contributed by atoms with Crippen LogP contribution >= 0.6 is 11.8 Å². The number of benzene rings is 2. The van der Waals surface area contributed by atoms with Gasteiger partial charge in [0.15, 0.2) is 16.7 Å². The summed E-state index contributed by atoms with van der Waals surface area (Å²) in [4.78, 5) is 32.2. The maximum absolute atomic E-state index is 13.3. The minimum absolute atomic E-state index is 0.0197. The summed E-state index contributed by atoms with van der Waals surface area (Å²) in [7, 11) is 4.66. The second-order valence-electron chi connectivity index (χ2n) is 7.52. The molecule has 4 rings (SSSR count). The summed E-state index contributed by atoms with van der Waals surface area (Å²) in [6.45, 7) is 0.224. The highest BCUT2D eigenvalue weighted by Gasteiger charge is 2.39. The van der Waals surface area contributed by atoms with Gasteiger partial charge in [0.05, 0.1) is 39.8 Å². The average Bonchev–Trinajstić information content (AvgIpc) is 3.48. The molecule has 2 amide bonds. The van der Waals surface area contributed by atoms with E-state index < -0.39 is 5.25 Å². The van der Waals surface area contributed by atoms with E-state index in [1.54, 1.807) is 80.0 Å². The Labute approximate surface area is 207 Å². The van der Waals surface area contributed by atoms with Crippen LogP contribution in [0.1, 0.15) is 12.2 Å². The molecule has 0 radical (unpaired) electrons. The first kappa shape index (κ1) is 24.2. The number of methoxy groups -OCH3 is 3. The van der Waals surface area contributed by atoms with Gasteiger partial charge < -0.3 is 23.9 Å². The van der Waals surface area contributed by atoms with Crippen molar-refractivity contribution in [3.05, 3.63) is 66.6 Å². The minimum Gasteiger partial charge on any atom is -0.497 e. The molecule has 0 bridgehead atoms. The molecule has 1 saturated heterocycles. The second-order valence-corrected chi connectivity index (χ2v) is 8.69. The van der Waals surface area contributed by atoms with Gasteiger partial charge in [-0.15, -0.1) is 0 Å². The Hall–Kier alpha value is -3.92. The molecule has 182 valence electrons. The zero-order valence-corrected chi connectivity index (χ0v) is 20.3. The van der Waals surface area contributed by atoms with E-state index in [9.17, 15) is 9.59 Å². The lowest BCUT2D eigenvalue weighted by Gasteiger charge is -2.15. The molecule has 9 nitrogen and oxygen atoms in total. The zero-order valence-electron chi connectivity index (χ0n) is 19.5. The number of carbonyl (C=O) groups excluding carboxylic acids is 2. The Morgan fingerprint density at radius 1 is 1.06 bits per heavy atom. The number of ether oxygens (including phenoxy) is 3. The third kappa shape index (κ3) is 5.78. The first-order valence-corrected chi connectivity index (χ1v) is 11.6. The Kier molecular flexibility index (Phi) is 7.61. The summed E-state index contributed by atoms with van der Waals surface area (Å²) in [5.41, 5.74) is 1.21. The third-order valence-electron chi connectivity index (χ3n) is 5.25. The number of hydrogen-bond acceptors (Lipinski definition) is 8. The van der Waals surface area contributed by atoms with Crippen molar-refractivity contribution in [2.75, 3.05) is 26.6 Å². The number of aliphatic imine (C=N–C) groups is 1. The number of carbonyl (C=O) groups is 2. The van der Waals surface area contributed by atoms with Gasteiger partial charge in [-0.05, 0) is 48.5 Å².